The van der Waals surface area contributed by atoms with Crippen molar-refractivity contribution in [1.29, 1.82) is 0 Å². The molecule has 0 unspecified atom stereocenters. The van der Waals surface area contributed by atoms with E-state index in [0.29, 0.717) is 38.8 Å². The normalized spacial score (nSPS) is 12.6. The molecule has 5 N–H and O–H groups in total. The largest absolute Gasteiger partial charge is 0.457 e. The van der Waals surface area contributed by atoms with E-state index in [-0.39, 0.29) is 26.3 Å². The highest BCUT2D eigenvalue weighted by molar-refractivity contribution is 7.90. The number of hydrogen-bond donors (Lipinski definition) is 4. The molecular formula is C28H26Cl3F3N5O3S+. The van der Waals surface area contributed by atoms with E-state index in [1.54, 1.807) is 37.4 Å². The Labute approximate surface area is 261 Å². The lowest BCUT2D eigenvalue weighted by Crippen LogP contribution is -2.39. The van der Waals surface area contributed by atoms with Crippen molar-refractivity contribution in [1.82, 2.24) is 10.4 Å². The summed E-state index contributed by atoms with van der Waals surface area (Å²) in [6.45, 7) is 0.884. The smallest absolute Gasteiger partial charge is 0.403 e. The second kappa shape index (κ2) is 12.4. The number of aromatic nitrogens is 2. The van der Waals surface area contributed by atoms with Crippen LogP contribution in [0.1, 0.15) is 22.6 Å². The molecule has 0 amide bonds. The molecule has 0 saturated carbocycles. The van der Waals surface area contributed by atoms with Gasteiger partial charge in [-0.3, -0.25) is 5.01 Å². The maximum absolute atomic E-state index is 13.6. The molecule has 15 heteroatoms. The summed E-state index contributed by atoms with van der Waals surface area (Å²) in [5, 5.41) is 12.0. The Kier molecular flexibility index (Phi) is 9.41. The van der Waals surface area contributed by atoms with Crippen LogP contribution in [0.5, 0.6) is 0 Å². The van der Waals surface area contributed by atoms with Crippen LogP contribution in [-0.4, -0.2) is 31.8 Å². The number of sulfone groups is 1. The Morgan fingerprint density at radius 1 is 1.09 bits per heavy atom. The number of anilines is 1. The van der Waals surface area contributed by atoms with Crippen LogP contribution in [0, 0.1) is 6.92 Å². The van der Waals surface area contributed by atoms with Gasteiger partial charge in [-0.15, -0.1) is 0 Å². The molecule has 0 saturated heterocycles. The number of rotatable bonds is 8. The summed E-state index contributed by atoms with van der Waals surface area (Å²) in [6, 6.07) is 12.4. The number of aliphatic hydroxyl groups is 1. The monoisotopic (exact) mass is 674 g/mol. The van der Waals surface area contributed by atoms with Crippen LogP contribution in [0.4, 0.5) is 18.9 Å². The molecule has 0 aliphatic carbocycles. The summed E-state index contributed by atoms with van der Waals surface area (Å²) in [7, 11) is -2.21. The zero-order chi connectivity index (χ0) is 31.9. The fraction of sp³-hybridized carbons (Fsp3) is 0.179. The Bertz CT molecular complexity index is 1840. The molecule has 4 aromatic rings. The lowest BCUT2D eigenvalue weighted by molar-refractivity contribution is -0.601. The molecule has 0 fully saturated rings. The number of aliphatic hydroxyl groups excluding tert-OH is 1. The highest BCUT2D eigenvalue weighted by Crippen LogP contribution is 2.38. The van der Waals surface area contributed by atoms with Crippen molar-refractivity contribution in [2.45, 2.75) is 24.6 Å². The Morgan fingerprint density at radius 2 is 1.79 bits per heavy atom. The van der Waals surface area contributed by atoms with E-state index in [4.69, 9.17) is 40.5 Å². The average molecular weight is 676 g/mol. The number of H-pyrrole nitrogens is 1. The number of aromatic amines is 1. The van der Waals surface area contributed by atoms with Gasteiger partial charge in [0.05, 0.1) is 22.2 Å². The van der Waals surface area contributed by atoms with E-state index >= 15 is 0 Å². The van der Waals surface area contributed by atoms with Crippen LogP contribution in [0.3, 0.4) is 0 Å². The molecule has 0 bridgehead atoms. The van der Waals surface area contributed by atoms with Crippen molar-refractivity contribution in [2.75, 3.05) is 18.3 Å². The predicted molar refractivity (Wildman–Crippen MR) is 162 cm³/mol. The van der Waals surface area contributed by atoms with Gasteiger partial charge in [0.2, 0.25) is 5.69 Å². The molecule has 8 nitrogen and oxygen atoms in total. The van der Waals surface area contributed by atoms with Gasteiger partial charge in [0.15, 0.2) is 15.5 Å². The maximum Gasteiger partial charge on any atom is 0.457 e. The van der Waals surface area contributed by atoms with Gasteiger partial charge in [-0.1, -0.05) is 34.8 Å². The third-order valence-electron chi connectivity index (χ3n) is 6.59. The first-order valence-electron chi connectivity index (χ1n) is 12.4. The van der Waals surface area contributed by atoms with Gasteiger partial charge in [-0.2, -0.15) is 17.7 Å². The number of hydrazine groups is 1. The van der Waals surface area contributed by atoms with Crippen molar-refractivity contribution < 1.29 is 31.3 Å². The first-order valence-corrected chi connectivity index (χ1v) is 15.4. The summed E-state index contributed by atoms with van der Waals surface area (Å²) in [6.07, 6.45) is -1.44. The first-order chi connectivity index (χ1) is 20.1. The predicted octanol–water partition coefficient (Wildman–Crippen LogP) is 6.04. The van der Waals surface area contributed by atoms with Gasteiger partial charge in [0, 0.05) is 47.6 Å². The fourth-order valence-electron chi connectivity index (χ4n) is 4.61. The number of benzene rings is 3. The molecule has 43 heavy (non-hydrogen) atoms. The zero-order valence-corrected chi connectivity index (χ0v) is 26.0. The molecule has 228 valence electrons. The summed E-state index contributed by atoms with van der Waals surface area (Å²) in [4.78, 5) is 2.21. The quantitative estimate of drug-likeness (QED) is 0.134. The SMILES string of the molecule is CNN(/C(=C\N)c1ccc(Cl)cc1Cl)c1cc(-c2cc(Cl)c(CO)c(S(C)(=O)=O)c2)ccc1-[n+]1cc(C(F)(F)F)[nH]c1C. The molecule has 0 atom stereocenters. The van der Waals surface area contributed by atoms with Gasteiger partial charge < -0.3 is 10.8 Å². The van der Waals surface area contributed by atoms with Gasteiger partial charge >= 0.3 is 6.18 Å². The number of halogens is 6. The highest BCUT2D eigenvalue weighted by atomic mass is 35.5. The zero-order valence-electron chi connectivity index (χ0n) is 22.9. The number of nitrogens with zero attached hydrogens (tertiary/aromatic N) is 2. The number of nitrogens with two attached hydrogens (primary N) is 1. The minimum atomic E-state index is -4.63. The van der Waals surface area contributed by atoms with E-state index in [1.165, 1.54) is 40.9 Å². The van der Waals surface area contributed by atoms with Crippen LogP contribution in [0.15, 0.2) is 65.8 Å². The summed E-state index contributed by atoms with van der Waals surface area (Å²) >= 11 is 19.0. The van der Waals surface area contributed by atoms with Gasteiger partial charge in [0.25, 0.3) is 5.82 Å². The third kappa shape index (κ3) is 6.64. The van der Waals surface area contributed by atoms with Crippen molar-refractivity contribution in [3.63, 3.8) is 0 Å². The van der Waals surface area contributed by atoms with E-state index in [0.717, 1.165) is 12.5 Å². The Hall–Kier alpha value is -3.26. The minimum Gasteiger partial charge on any atom is -0.403 e. The minimum absolute atomic E-state index is 0.0256. The molecule has 0 aliphatic rings. The first kappa shape index (κ1) is 32.6. The maximum atomic E-state index is 13.6. The van der Waals surface area contributed by atoms with E-state index in [9.17, 15) is 26.7 Å². The van der Waals surface area contributed by atoms with E-state index in [2.05, 4.69) is 10.4 Å². The molecule has 4 rings (SSSR count). The molecule has 0 radical (unpaired) electrons. The second-order valence-corrected chi connectivity index (χ2v) is 12.7. The van der Waals surface area contributed by atoms with Gasteiger partial charge in [-0.25, -0.2) is 18.8 Å². The van der Waals surface area contributed by atoms with Gasteiger partial charge in [0.1, 0.15) is 11.9 Å². The number of imidazole rings is 1. The Morgan fingerprint density at radius 3 is 2.33 bits per heavy atom. The van der Waals surface area contributed by atoms with Crippen LogP contribution in [0.25, 0.3) is 22.5 Å². The number of nitrogens with one attached hydrogen (secondary N) is 2. The number of aryl methyl sites for hydroxylation is 1. The number of alkyl halides is 3. The summed E-state index contributed by atoms with van der Waals surface area (Å²) in [5.74, 6) is 0.176. The fourth-order valence-corrected chi connectivity index (χ4v) is 6.41. The molecule has 1 heterocycles. The molecule has 0 spiro atoms. The van der Waals surface area contributed by atoms with Crippen molar-refractivity contribution in [3.8, 4) is 16.8 Å². The molecule has 1 aromatic heterocycles. The van der Waals surface area contributed by atoms with E-state index < -0.39 is 28.3 Å². The standard InChI is InChI=1S/C28H25Cl3F3N5O3S/c1-15-37-27(28(32,33)34)13-38(15)23-7-4-16(17-8-21(30)20(14-40)26(10-17)43(3,41)42)9-24(23)39(36-2)25(12-35)19-6-5-18(29)11-22(19)31/h4-13,36,40H,14,35H2,1-3H3/p+1/b25-12-. The van der Waals surface area contributed by atoms with Crippen LogP contribution >= 0.6 is 34.8 Å². The summed E-state index contributed by atoms with van der Waals surface area (Å²) in [5.41, 5.74) is 10.4. The molecule has 3 aromatic carbocycles. The molecule has 0 aliphatic heterocycles. The van der Waals surface area contributed by atoms with Crippen LogP contribution in [0.2, 0.25) is 15.1 Å². The topological polar surface area (TPSA) is 115 Å². The van der Waals surface area contributed by atoms with Crippen LogP contribution in [-0.2, 0) is 22.6 Å². The Balaban J connectivity index is 2.03. The second-order valence-electron chi connectivity index (χ2n) is 9.42. The van der Waals surface area contributed by atoms with E-state index in [1.807, 2.05) is 0 Å². The van der Waals surface area contributed by atoms with Crippen molar-refractivity contribution in [2.24, 2.45) is 5.73 Å². The average Bonchev–Trinajstić information content (AvgIpc) is 3.33. The number of hydrogen-bond acceptors (Lipinski definition) is 6. The van der Waals surface area contributed by atoms with Crippen molar-refractivity contribution >= 4 is 56.0 Å². The summed E-state index contributed by atoms with van der Waals surface area (Å²) < 4.78 is 67.3. The third-order valence-corrected chi connectivity index (χ3v) is 8.64. The molecular weight excluding hydrogens is 650 g/mol. The van der Waals surface area contributed by atoms with Crippen molar-refractivity contribution in [3.05, 3.63) is 98.6 Å². The van der Waals surface area contributed by atoms with Gasteiger partial charge in [-0.05, 0) is 59.7 Å². The lowest BCUT2D eigenvalue weighted by atomic mass is 10.0. The van der Waals surface area contributed by atoms with Crippen LogP contribution < -0.4 is 20.7 Å². The highest BCUT2D eigenvalue weighted by Gasteiger charge is 2.39. The lowest BCUT2D eigenvalue weighted by Gasteiger charge is -2.28.